The lowest BCUT2D eigenvalue weighted by Gasteiger charge is -2.20. The van der Waals surface area contributed by atoms with Crippen LogP contribution in [0.5, 0.6) is 23.0 Å². The molecule has 0 aliphatic carbocycles. The van der Waals surface area contributed by atoms with Crippen molar-refractivity contribution in [3.05, 3.63) is 52.6 Å². The Hall–Kier alpha value is -2.86. The minimum Gasteiger partial charge on any atom is -0.497 e. The number of benzene rings is 2. The van der Waals surface area contributed by atoms with E-state index in [9.17, 15) is 4.79 Å². The van der Waals surface area contributed by atoms with Crippen molar-refractivity contribution in [2.24, 2.45) is 0 Å². The molecule has 0 saturated heterocycles. The van der Waals surface area contributed by atoms with E-state index in [0.29, 0.717) is 54.2 Å². The van der Waals surface area contributed by atoms with Crippen molar-refractivity contribution in [1.29, 1.82) is 0 Å². The standard InChI is InChI=1S/C21H22ClNO5/c1-25-16-4-5-18(26-2)15(13-16)3-6-20(24)23-8-7-14-11-17(22)21-19(12-14)27-9-10-28-21/h3-6,11-13H,7-10H2,1-2H3,(H,23,24)/b6-3+. The average molecular weight is 404 g/mol. The predicted octanol–water partition coefficient (Wildman–Crippen LogP) is 3.50. The average Bonchev–Trinajstić information content (AvgIpc) is 2.72. The van der Waals surface area contributed by atoms with Crippen molar-refractivity contribution in [3.8, 4) is 23.0 Å². The molecule has 0 atom stereocenters. The molecule has 1 aliphatic heterocycles. The van der Waals surface area contributed by atoms with Crippen molar-refractivity contribution in [2.75, 3.05) is 34.0 Å². The molecule has 0 saturated carbocycles. The molecular formula is C21H22ClNO5. The zero-order chi connectivity index (χ0) is 19.9. The van der Waals surface area contributed by atoms with E-state index in [2.05, 4.69) is 5.32 Å². The van der Waals surface area contributed by atoms with Crippen LogP contribution in [-0.2, 0) is 11.2 Å². The second-order valence-electron chi connectivity index (χ2n) is 6.08. The predicted molar refractivity (Wildman–Crippen MR) is 108 cm³/mol. The molecule has 148 valence electrons. The number of methoxy groups -OCH3 is 2. The second kappa shape index (κ2) is 9.37. The number of rotatable bonds is 7. The Kier molecular flexibility index (Phi) is 6.66. The fourth-order valence-corrected chi connectivity index (χ4v) is 3.12. The van der Waals surface area contributed by atoms with Crippen LogP contribution < -0.4 is 24.3 Å². The fourth-order valence-electron chi connectivity index (χ4n) is 2.83. The topological polar surface area (TPSA) is 66.0 Å². The highest BCUT2D eigenvalue weighted by molar-refractivity contribution is 6.32. The number of carbonyl (C=O) groups is 1. The number of ether oxygens (including phenoxy) is 4. The van der Waals surface area contributed by atoms with Gasteiger partial charge in [0.05, 0.1) is 19.2 Å². The minimum atomic E-state index is -0.200. The van der Waals surface area contributed by atoms with Crippen LogP contribution in [-0.4, -0.2) is 39.9 Å². The Bertz CT molecular complexity index is 881. The maximum atomic E-state index is 12.1. The Morgan fingerprint density at radius 2 is 2.00 bits per heavy atom. The first-order chi connectivity index (χ1) is 13.6. The summed E-state index contributed by atoms with van der Waals surface area (Å²) < 4.78 is 21.6. The van der Waals surface area contributed by atoms with Gasteiger partial charge in [-0.1, -0.05) is 11.6 Å². The van der Waals surface area contributed by atoms with E-state index < -0.39 is 0 Å². The summed E-state index contributed by atoms with van der Waals surface area (Å²) in [5.41, 5.74) is 1.73. The van der Waals surface area contributed by atoms with E-state index in [1.165, 1.54) is 6.08 Å². The molecule has 28 heavy (non-hydrogen) atoms. The van der Waals surface area contributed by atoms with E-state index in [1.807, 2.05) is 12.1 Å². The van der Waals surface area contributed by atoms with Crippen molar-refractivity contribution in [1.82, 2.24) is 5.32 Å². The third-order valence-electron chi connectivity index (χ3n) is 4.22. The molecule has 0 bridgehead atoms. The third kappa shape index (κ3) is 4.89. The first kappa shape index (κ1) is 19.9. The molecule has 0 fully saturated rings. The molecule has 2 aromatic rings. The van der Waals surface area contributed by atoms with Gasteiger partial charge in [0.15, 0.2) is 11.5 Å². The monoisotopic (exact) mass is 403 g/mol. The summed E-state index contributed by atoms with van der Waals surface area (Å²) in [4.78, 5) is 12.1. The molecule has 0 spiro atoms. The van der Waals surface area contributed by atoms with Gasteiger partial charge in [0.1, 0.15) is 24.7 Å². The maximum Gasteiger partial charge on any atom is 0.244 e. The Morgan fingerprint density at radius 3 is 2.79 bits per heavy atom. The van der Waals surface area contributed by atoms with Gasteiger partial charge in [-0.05, 0) is 48.4 Å². The Labute approximate surface area is 169 Å². The maximum absolute atomic E-state index is 12.1. The number of carbonyl (C=O) groups excluding carboxylic acids is 1. The van der Waals surface area contributed by atoms with E-state index in [1.54, 1.807) is 38.5 Å². The minimum absolute atomic E-state index is 0.200. The molecule has 1 amide bonds. The number of halogens is 1. The molecule has 1 heterocycles. The van der Waals surface area contributed by atoms with Gasteiger partial charge in [0.25, 0.3) is 0 Å². The zero-order valence-corrected chi connectivity index (χ0v) is 16.5. The number of fused-ring (bicyclic) bond motifs is 1. The lowest BCUT2D eigenvalue weighted by Crippen LogP contribution is -2.23. The Balaban J connectivity index is 1.56. The van der Waals surface area contributed by atoms with E-state index in [0.717, 1.165) is 11.1 Å². The molecule has 7 heteroatoms. The molecule has 1 N–H and O–H groups in total. The molecule has 2 aromatic carbocycles. The summed E-state index contributed by atoms with van der Waals surface area (Å²) in [6, 6.07) is 9.12. The smallest absolute Gasteiger partial charge is 0.244 e. The molecular weight excluding hydrogens is 382 g/mol. The Morgan fingerprint density at radius 1 is 1.18 bits per heavy atom. The lowest BCUT2D eigenvalue weighted by atomic mass is 10.1. The van der Waals surface area contributed by atoms with Gasteiger partial charge in [-0.15, -0.1) is 0 Å². The summed E-state index contributed by atoms with van der Waals surface area (Å²) in [5.74, 6) is 2.38. The number of amides is 1. The lowest BCUT2D eigenvalue weighted by molar-refractivity contribution is -0.116. The van der Waals surface area contributed by atoms with Crippen molar-refractivity contribution < 1.29 is 23.7 Å². The van der Waals surface area contributed by atoms with Crippen LogP contribution >= 0.6 is 11.6 Å². The van der Waals surface area contributed by atoms with Gasteiger partial charge >= 0.3 is 0 Å². The van der Waals surface area contributed by atoms with Crippen LogP contribution in [0.2, 0.25) is 5.02 Å². The number of hydrogen-bond donors (Lipinski definition) is 1. The van der Waals surface area contributed by atoms with Crippen molar-refractivity contribution in [2.45, 2.75) is 6.42 Å². The van der Waals surface area contributed by atoms with Gasteiger partial charge in [-0.25, -0.2) is 0 Å². The first-order valence-electron chi connectivity index (χ1n) is 8.86. The first-order valence-corrected chi connectivity index (χ1v) is 9.24. The largest absolute Gasteiger partial charge is 0.497 e. The molecule has 0 radical (unpaired) electrons. The number of nitrogens with one attached hydrogen (secondary N) is 1. The second-order valence-corrected chi connectivity index (χ2v) is 6.49. The summed E-state index contributed by atoms with van der Waals surface area (Å²) in [6.45, 7) is 1.46. The van der Waals surface area contributed by atoms with Gasteiger partial charge < -0.3 is 24.3 Å². The highest BCUT2D eigenvalue weighted by atomic mass is 35.5. The van der Waals surface area contributed by atoms with E-state index in [4.69, 9.17) is 30.5 Å². The van der Waals surface area contributed by atoms with Crippen molar-refractivity contribution >= 4 is 23.6 Å². The summed E-state index contributed by atoms with van der Waals surface area (Å²) in [5, 5.41) is 3.37. The third-order valence-corrected chi connectivity index (χ3v) is 4.50. The SMILES string of the molecule is COc1ccc(OC)c(/C=C/C(=O)NCCc2cc(Cl)c3c(c2)OCCO3)c1. The van der Waals surface area contributed by atoms with Crippen LogP contribution in [0, 0.1) is 0 Å². The van der Waals surface area contributed by atoms with Gasteiger partial charge in [0, 0.05) is 18.2 Å². The molecule has 1 aliphatic rings. The molecule has 6 nitrogen and oxygen atoms in total. The summed E-state index contributed by atoms with van der Waals surface area (Å²) in [6.07, 6.45) is 3.78. The van der Waals surface area contributed by atoms with Crippen LogP contribution in [0.15, 0.2) is 36.4 Å². The van der Waals surface area contributed by atoms with Crippen LogP contribution in [0.3, 0.4) is 0 Å². The summed E-state index contributed by atoms with van der Waals surface area (Å²) >= 11 is 6.23. The van der Waals surface area contributed by atoms with Crippen LogP contribution in [0.1, 0.15) is 11.1 Å². The summed E-state index contributed by atoms with van der Waals surface area (Å²) in [7, 11) is 3.17. The van der Waals surface area contributed by atoms with Crippen LogP contribution in [0.25, 0.3) is 6.08 Å². The van der Waals surface area contributed by atoms with Crippen molar-refractivity contribution in [3.63, 3.8) is 0 Å². The molecule has 3 rings (SSSR count). The van der Waals surface area contributed by atoms with E-state index in [-0.39, 0.29) is 5.91 Å². The normalized spacial score (nSPS) is 12.7. The van der Waals surface area contributed by atoms with Gasteiger partial charge in [0.2, 0.25) is 5.91 Å². The van der Waals surface area contributed by atoms with Gasteiger partial charge in [-0.3, -0.25) is 4.79 Å². The fraction of sp³-hybridized carbons (Fsp3) is 0.286. The molecule has 0 aromatic heterocycles. The highest BCUT2D eigenvalue weighted by Crippen LogP contribution is 2.38. The zero-order valence-electron chi connectivity index (χ0n) is 15.8. The quantitative estimate of drug-likeness (QED) is 0.717. The highest BCUT2D eigenvalue weighted by Gasteiger charge is 2.16. The molecule has 0 unspecified atom stereocenters. The van der Waals surface area contributed by atoms with Crippen LogP contribution in [0.4, 0.5) is 0 Å². The van der Waals surface area contributed by atoms with Gasteiger partial charge in [-0.2, -0.15) is 0 Å². The van der Waals surface area contributed by atoms with E-state index >= 15 is 0 Å². The number of hydrogen-bond acceptors (Lipinski definition) is 5.